The lowest BCUT2D eigenvalue weighted by atomic mass is 9.76. The zero-order valence-electron chi connectivity index (χ0n) is 18.7. The molecule has 1 unspecified atom stereocenters. The van der Waals surface area contributed by atoms with Crippen molar-refractivity contribution >= 4 is 44.6 Å². The number of anilines is 2. The smallest absolute Gasteiger partial charge is 0.410 e. The average Bonchev–Trinajstić information content (AvgIpc) is 2.74. The molecule has 4 rings (SSSR count). The number of hydrogen-bond donors (Lipinski definition) is 2. The molecule has 7 nitrogen and oxygen atoms in total. The van der Waals surface area contributed by atoms with Crippen LogP contribution in [-0.2, 0) is 0 Å². The van der Waals surface area contributed by atoms with Gasteiger partial charge in [0, 0.05) is 41.7 Å². The van der Waals surface area contributed by atoms with E-state index in [-0.39, 0.29) is 5.82 Å². The highest BCUT2D eigenvalue weighted by molar-refractivity contribution is 9.10. The summed E-state index contributed by atoms with van der Waals surface area (Å²) in [5.74, 6) is 0.459. The summed E-state index contributed by atoms with van der Waals surface area (Å²) in [5.41, 5.74) is -0.350. The number of fused-ring (bicyclic) bond motifs is 1. The van der Waals surface area contributed by atoms with E-state index in [2.05, 4.69) is 31.2 Å². The van der Waals surface area contributed by atoms with Gasteiger partial charge in [0.05, 0.1) is 9.99 Å². The number of rotatable bonds is 4. The second-order valence-electron chi connectivity index (χ2n) is 9.20. The summed E-state index contributed by atoms with van der Waals surface area (Å²) in [7, 11) is 0. The van der Waals surface area contributed by atoms with Gasteiger partial charge in [0.2, 0.25) is 5.95 Å². The van der Waals surface area contributed by atoms with Crippen LogP contribution in [0.25, 0.3) is 10.9 Å². The average molecular weight is 517 g/mol. The molecule has 33 heavy (non-hydrogen) atoms. The van der Waals surface area contributed by atoms with Crippen LogP contribution in [0.3, 0.4) is 0 Å². The highest BCUT2D eigenvalue weighted by Crippen LogP contribution is 2.46. The van der Waals surface area contributed by atoms with Gasteiger partial charge in [-0.2, -0.15) is 0 Å². The molecule has 0 bridgehead atoms. The standard InChI is InChI=1S/C24H26BrFN4O3/c1-23(2,3)24(9-4-5-10-30(24)22(31)32)33-20-13-19-15(11-18(20)25)14-27-21(29-19)28-17-8-6-7-16(26)12-17/h6-8,11-14H,4-5,9-10H2,1-3H3,(H,31,32)(H,27,28,29). The van der Waals surface area contributed by atoms with Crippen LogP contribution < -0.4 is 10.1 Å². The first kappa shape index (κ1) is 23.2. The third-order valence-electron chi connectivity index (χ3n) is 5.98. The molecule has 2 N–H and O–H groups in total. The van der Waals surface area contributed by atoms with Crippen LogP contribution in [0, 0.1) is 11.2 Å². The van der Waals surface area contributed by atoms with E-state index in [9.17, 15) is 14.3 Å². The molecule has 0 saturated carbocycles. The molecule has 1 atom stereocenters. The van der Waals surface area contributed by atoms with Crippen LogP contribution in [-0.4, -0.2) is 38.3 Å². The van der Waals surface area contributed by atoms with E-state index in [0.717, 1.165) is 18.2 Å². The second kappa shape index (κ2) is 8.78. The number of ether oxygens (including phenoxy) is 1. The third kappa shape index (κ3) is 4.59. The maximum Gasteiger partial charge on any atom is 0.410 e. The Bertz CT molecular complexity index is 1200. The fourth-order valence-corrected chi connectivity index (χ4v) is 4.73. The minimum Gasteiger partial charge on any atom is -0.466 e. The minimum absolute atomic E-state index is 0.316. The van der Waals surface area contributed by atoms with E-state index >= 15 is 0 Å². The number of nitrogens with zero attached hydrogens (tertiary/aromatic N) is 3. The predicted octanol–water partition coefficient (Wildman–Crippen LogP) is 6.56. The van der Waals surface area contributed by atoms with E-state index in [0.29, 0.717) is 40.3 Å². The molecule has 2 heterocycles. The monoisotopic (exact) mass is 516 g/mol. The molecule has 3 aromatic rings. The maximum absolute atomic E-state index is 13.5. The van der Waals surface area contributed by atoms with Crippen LogP contribution in [0.2, 0.25) is 0 Å². The SMILES string of the molecule is CC(C)(C)C1(Oc2cc3nc(Nc4cccc(F)c4)ncc3cc2Br)CCCCN1C(=O)O. The van der Waals surface area contributed by atoms with Crippen molar-refractivity contribution < 1.29 is 19.0 Å². The van der Waals surface area contributed by atoms with Gasteiger partial charge in [-0.05, 0) is 53.0 Å². The first-order chi connectivity index (χ1) is 15.6. The van der Waals surface area contributed by atoms with Crippen molar-refractivity contribution in [2.75, 3.05) is 11.9 Å². The van der Waals surface area contributed by atoms with Gasteiger partial charge >= 0.3 is 6.09 Å². The van der Waals surface area contributed by atoms with Crippen LogP contribution in [0.15, 0.2) is 47.1 Å². The van der Waals surface area contributed by atoms with E-state index in [1.807, 2.05) is 26.8 Å². The van der Waals surface area contributed by atoms with Crippen molar-refractivity contribution in [3.63, 3.8) is 0 Å². The summed E-state index contributed by atoms with van der Waals surface area (Å²) < 4.78 is 20.8. The largest absolute Gasteiger partial charge is 0.466 e. The lowest BCUT2D eigenvalue weighted by Gasteiger charge is -2.52. The lowest BCUT2D eigenvalue weighted by Crippen LogP contribution is -2.64. The Labute approximate surface area is 200 Å². The van der Waals surface area contributed by atoms with Crippen molar-refractivity contribution in [3.05, 3.63) is 52.9 Å². The van der Waals surface area contributed by atoms with Gasteiger partial charge in [-0.3, -0.25) is 4.90 Å². The van der Waals surface area contributed by atoms with Gasteiger partial charge in [0.25, 0.3) is 0 Å². The molecule has 0 radical (unpaired) electrons. The van der Waals surface area contributed by atoms with E-state index in [1.54, 1.807) is 24.4 Å². The number of piperidine rings is 1. The van der Waals surface area contributed by atoms with Gasteiger partial charge < -0.3 is 15.2 Å². The predicted molar refractivity (Wildman–Crippen MR) is 128 cm³/mol. The fraction of sp³-hybridized carbons (Fsp3) is 0.375. The summed E-state index contributed by atoms with van der Waals surface area (Å²) in [5, 5.41) is 13.7. The minimum atomic E-state index is -1.02. The Balaban J connectivity index is 1.73. The van der Waals surface area contributed by atoms with Crippen LogP contribution in [0.1, 0.15) is 40.0 Å². The van der Waals surface area contributed by atoms with Crippen LogP contribution >= 0.6 is 15.9 Å². The molecule has 2 aromatic carbocycles. The van der Waals surface area contributed by atoms with Gasteiger partial charge in [-0.1, -0.05) is 26.8 Å². The molecule has 0 aliphatic carbocycles. The number of aromatic nitrogens is 2. The quantitative estimate of drug-likeness (QED) is 0.408. The van der Waals surface area contributed by atoms with Gasteiger partial charge in [0.15, 0.2) is 5.72 Å². The highest BCUT2D eigenvalue weighted by Gasteiger charge is 2.53. The van der Waals surface area contributed by atoms with E-state index in [4.69, 9.17) is 4.74 Å². The van der Waals surface area contributed by atoms with Crippen molar-refractivity contribution in [3.8, 4) is 5.75 Å². The molecule has 9 heteroatoms. The van der Waals surface area contributed by atoms with E-state index in [1.165, 1.54) is 17.0 Å². The first-order valence-electron chi connectivity index (χ1n) is 10.8. The number of benzene rings is 2. The third-order valence-corrected chi connectivity index (χ3v) is 6.60. The summed E-state index contributed by atoms with van der Waals surface area (Å²) in [4.78, 5) is 22.4. The molecular weight excluding hydrogens is 491 g/mol. The topological polar surface area (TPSA) is 87.6 Å². The lowest BCUT2D eigenvalue weighted by molar-refractivity contribution is -0.161. The number of carboxylic acid groups (broad SMARTS) is 1. The van der Waals surface area contributed by atoms with Gasteiger partial charge in [-0.15, -0.1) is 0 Å². The van der Waals surface area contributed by atoms with Crippen molar-refractivity contribution in [2.24, 2.45) is 5.41 Å². The Hall–Kier alpha value is -2.94. The molecular formula is C24H26BrFN4O3. The van der Waals surface area contributed by atoms with E-state index < -0.39 is 17.2 Å². The second-order valence-corrected chi connectivity index (χ2v) is 10.1. The molecule has 1 aliphatic rings. The molecule has 174 valence electrons. The number of hydrogen-bond acceptors (Lipinski definition) is 5. The molecule has 1 aromatic heterocycles. The van der Waals surface area contributed by atoms with Crippen molar-refractivity contribution in [2.45, 2.75) is 45.8 Å². The number of carbonyl (C=O) groups is 1. The number of nitrogens with one attached hydrogen (secondary N) is 1. The van der Waals surface area contributed by atoms with Crippen LogP contribution in [0.4, 0.5) is 20.8 Å². The molecule has 1 saturated heterocycles. The summed E-state index contributed by atoms with van der Waals surface area (Å²) in [6, 6.07) is 9.68. The Morgan fingerprint density at radius 3 is 2.76 bits per heavy atom. The number of amides is 1. The van der Waals surface area contributed by atoms with Crippen LogP contribution in [0.5, 0.6) is 5.75 Å². The summed E-state index contributed by atoms with van der Waals surface area (Å²) >= 11 is 3.57. The molecule has 1 fully saturated rings. The summed E-state index contributed by atoms with van der Waals surface area (Å²) in [6.07, 6.45) is 2.93. The number of likely N-dealkylation sites (tertiary alicyclic amines) is 1. The molecule has 1 aliphatic heterocycles. The molecule has 0 spiro atoms. The zero-order valence-corrected chi connectivity index (χ0v) is 20.3. The van der Waals surface area contributed by atoms with Crippen molar-refractivity contribution in [1.82, 2.24) is 14.9 Å². The zero-order chi connectivity index (χ0) is 23.8. The Morgan fingerprint density at radius 1 is 1.27 bits per heavy atom. The normalized spacial score (nSPS) is 18.9. The van der Waals surface area contributed by atoms with Crippen molar-refractivity contribution in [1.29, 1.82) is 0 Å². The Morgan fingerprint density at radius 2 is 2.06 bits per heavy atom. The highest BCUT2D eigenvalue weighted by atomic mass is 79.9. The number of halogens is 2. The van der Waals surface area contributed by atoms with Gasteiger partial charge in [0.1, 0.15) is 11.6 Å². The summed E-state index contributed by atoms with van der Waals surface area (Å²) in [6.45, 7) is 6.40. The molecule has 1 amide bonds. The maximum atomic E-state index is 13.5. The first-order valence-corrected chi connectivity index (χ1v) is 11.6. The van der Waals surface area contributed by atoms with Gasteiger partial charge in [-0.25, -0.2) is 19.2 Å². The Kier molecular flexibility index (Phi) is 6.18. The fourth-order valence-electron chi connectivity index (χ4n) is 4.29.